The van der Waals surface area contributed by atoms with Crippen molar-refractivity contribution in [2.45, 2.75) is 17.2 Å². The summed E-state index contributed by atoms with van der Waals surface area (Å²) >= 11 is 1.13. The molecule has 0 aliphatic carbocycles. The van der Waals surface area contributed by atoms with Gasteiger partial charge in [0.15, 0.2) is 16.0 Å². The van der Waals surface area contributed by atoms with Gasteiger partial charge in [-0.25, -0.2) is 19.7 Å². The number of nitrogens with zero attached hydrogens (tertiary/aromatic N) is 4. The summed E-state index contributed by atoms with van der Waals surface area (Å²) in [6, 6.07) is 1.41. The van der Waals surface area contributed by atoms with Crippen LogP contribution in [0.15, 0.2) is 22.7 Å². The second-order valence-corrected chi connectivity index (χ2v) is 3.83. The Labute approximate surface area is 94.4 Å². The Morgan fingerprint density at radius 2 is 2.31 bits per heavy atom. The van der Waals surface area contributed by atoms with E-state index in [0.29, 0.717) is 16.0 Å². The average Bonchev–Trinajstić information content (AvgIpc) is 2.69. The van der Waals surface area contributed by atoms with Crippen molar-refractivity contribution in [2.75, 3.05) is 0 Å². The number of carboxylic acid groups (broad SMARTS) is 1. The summed E-state index contributed by atoms with van der Waals surface area (Å²) in [6.07, 6.45) is 1.36. The first-order valence-corrected chi connectivity index (χ1v) is 5.09. The number of nitrogens with one attached hydrogen (secondary N) is 1. The number of carboxylic acids is 1. The van der Waals surface area contributed by atoms with Crippen LogP contribution in [0.2, 0.25) is 0 Å². The maximum Gasteiger partial charge on any atom is 0.354 e. The van der Waals surface area contributed by atoms with Gasteiger partial charge in [0.25, 0.3) is 0 Å². The number of carbonyl (C=O) groups is 1. The summed E-state index contributed by atoms with van der Waals surface area (Å²) in [5.41, 5.74) is 0.559. The Hall–Kier alpha value is -1.96. The molecule has 0 radical (unpaired) electrons. The predicted molar refractivity (Wildman–Crippen MR) is 54.2 cm³/mol. The summed E-state index contributed by atoms with van der Waals surface area (Å²) < 4.78 is 0. The standard InChI is InChI=1S/C8H7N5O2S/c1-4-2-5(6(14)15)12-8(11-4)16-7-9-3-10-13-7/h2-3H,1H3,(H,14,15)(H,9,10,13). The third-order valence-corrected chi connectivity index (χ3v) is 2.39. The number of aromatic nitrogens is 5. The zero-order valence-corrected chi connectivity index (χ0v) is 9.02. The fourth-order valence-corrected chi connectivity index (χ4v) is 1.73. The van der Waals surface area contributed by atoms with E-state index < -0.39 is 5.97 Å². The molecule has 16 heavy (non-hydrogen) atoms. The number of rotatable bonds is 3. The summed E-state index contributed by atoms with van der Waals surface area (Å²) in [5.74, 6) is -1.08. The lowest BCUT2D eigenvalue weighted by molar-refractivity contribution is 0.0689. The van der Waals surface area contributed by atoms with E-state index in [1.165, 1.54) is 12.4 Å². The van der Waals surface area contributed by atoms with Crippen LogP contribution in [0.1, 0.15) is 16.2 Å². The fourth-order valence-electron chi connectivity index (χ4n) is 1.03. The van der Waals surface area contributed by atoms with Gasteiger partial charge in [-0.3, -0.25) is 5.10 Å². The Bertz CT molecular complexity index is 513. The minimum absolute atomic E-state index is 0.0329. The van der Waals surface area contributed by atoms with E-state index in [2.05, 4.69) is 25.1 Å². The number of hydrogen-bond donors (Lipinski definition) is 2. The molecule has 2 rings (SSSR count). The van der Waals surface area contributed by atoms with Crippen LogP contribution < -0.4 is 0 Å². The smallest absolute Gasteiger partial charge is 0.354 e. The minimum atomic E-state index is -1.08. The second-order valence-electron chi connectivity index (χ2n) is 2.87. The van der Waals surface area contributed by atoms with Crippen LogP contribution >= 0.6 is 11.8 Å². The van der Waals surface area contributed by atoms with Crippen molar-refractivity contribution in [3.05, 3.63) is 23.8 Å². The van der Waals surface area contributed by atoms with Gasteiger partial charge >= 0.3 is 5.97 Å². The van der Waals surface area contributed by atoms with E-state index >= 15 is 0 Å². The molecule has 0 aliphatic rings. The van der Waals surface area contributed by atoms with Gasteiger partial charge in [-0.1, -0.05) is 0 Å². The van der Waals surface area contributed by atoms with Crippen LogP contribution in [0.25, 0.3) is 0 Å². The van der Waals surface area contributed by atoms with Gasteiger partial charge in [-0.2, -0.15) is 5.10 Å². The molecule has 0 atom stereocenters. The Kier molecular flexibility index (Phi) is 2.82. The molecule has 2 aromatic heterocycles. The molecule has 2 heterocycles. The normalized spacial score (nSPS) is 10.3. The van der Waals surface area contributed by atoms with Gasteiger partial charge in [-0.05, 0) is 24.8 Å². The van der Waals surface area contributed by atoms with Gasteiger partial charge in [0.2, 0.25) is 0 Å². The molecule has 0 aliphatic heterocycles. The zero-order chi connectivity index (χ0) is 11.5. The van der Waals surface area contributed by atoms with Crippen molar-refractivity contribution in [2.24, 2.45) is 0 Å². The van der Waals surface area contributed by atoms with E-state index in [-0.39, 0.29) is 5.69 Å². The molecule has 0 fully saturated rings. The fraction of sp³-hybridized carbons (Fsp3) is 0.125. The Balaban J connectivity index is 2.31. The van der Waals surface area contributed by atoms with Crippen molar-refractivity contribution in [1.29, 1.82) is 0 Å². The third kappa shape index (κ3) is 2.34. The number of aryl methyl sites for hydroxylation is 1. The highest BCUT2D eigenvalue weighted by atomic mass is 32.2. The molecule has 0 unspecified atom stereocenters. The summed E-state index contributed by atoms with van der Waals surface area (Å²) in [6.45, 7) is 1.71. The molecule has 0 saturated carbocycles. The van der Waals surface area contributed by atoms with Gasteiger partial charge in [0.05, 0.1) is 0 Å². The van der Waals surface area contributed by atoms with E-state index in [1.54, 1.807) is 6.92 Å². The van der Waals surface area contributed by atoms with Gasteiger partial charge in [-0.15, -0.1) is 0 Å². The van der Waals surface area contributed by atoms with Crippen molar-refractivity contribution in [3.8, 4) is 0 Å². The molecule has 0 bridgehead atoms. The van der Waals surface area contributed by atoms with E-state index in [9.17, 15) is 4.79 Å². The molecule has 0 spiro atoms. The van der Waals surface area contributed by atoms with Crippen molar-refractivity contribution >= 4 is 17.7 Å². The van der Waals surface area contributed by atoms with Crippen LogP contribution in [-0.4, -0.2) is 36.2 Å². The minimum Gasteiger partial charge on any atom is -0.477 e. The lowest BCUT2D eigenvalue weighted by Gasteiger charge is -2.00. The van der Waals surface area contributed by atoms with Crippen LogP contribution in [-0.2, 0) is 0 Å². The molecule has 2 aromatic rings. The van der Waals surface area contributed by atoms with Gasteiger partial charge in [0.1, 0.15) is 6.33 Å². The zero-order valence-electron chi connectivity index (χ0n) is 8.21. The first-order chi connectivity index (χ1) is 7.65. The quantitative estimate of drug-likeness (QED) is 0.759. The van der Waals surface area contributed by atoms with Gasteiger partial charge < -0.3 is 5.11 Å². The first kappa shape index (κ1) is 10.6. The molecular formula is C8H7N5O2S. The third-order valence-electron chi connectivity index (χ3n) is 1.63. The van der Waals surface area contributed by atoms with Crippen molar-refractivity contribution < 1.29 is 9.90 Å². The van der Waals surface area contributed by atoms with E-state index in [0.717, 1.165) is 11.8 Å². The molecule has 2 N–H and O–H groups in total. The molecule has 82 valence electrons. The van der Waals surface area contributed by atoms with E-state index in [4.69, 9.17) is 5.11 Å². The highest BCUT2D eigenvalue weighted by Gasteiger charge is 2.10. The van der Waals surface area contributed by atoms with Crippen LogP contribution in [0, 0.1) is 6.92 Å². The number of aromatic amines is 1. The number of aromatic carboxylic acids is 1. The molecule has 7 nitrogen and oxygen atoms in total. The van der Waals surface area contributed by atoms with E-state index in [1.807, 2.05) is 0 Å². The monoisotopic (exact) mass is 237 g/mol. The predicted octanol–water partition coefficient (Wildman–Crippen LogP) is 0.753. The topological polar surface area (TPSA) is 105 Å². The lowest BCUT2D eigenvalue weighted by Crippen LogP contribution is -2.03. The largest absolute Gasteiger partial charge is 0.477 e. The lowest BCUT2D eigenvalue weighted by atomic mass is 10.3. The van der Waals surface area contributed by atoms with Gasteiger partial charge in [0, 0.05) is 5.69 Å². The number of hydrogen-bond acceptors (Lipinski definition) is 6. The molecule has 0 amide bonds. The highest BCUT2D eigenvalue weighted by molar-refractivity contribution is 7.99. The number of H-pyrrole nitrogens is 1. The Morgan fingerprint density at radius 3 is 2.94 bits per heavy atom. The highest BCUT2D eigenvalue weighted by Crippen LogP contribution is 2.20. The molecule has 0 aromatic carbocycles. The average molecular weight is 237 g/mol. The van der Waals surface area contributed by atoms with Crippen molar-refractivity contribution in [1.82, 2.24) is 25.1 Å². The Morgan fingerprint density at radius 1 is 1.50 bits per heavy atom. The molecular weight excluding hydrogens is 230 g/mol. The van der Waals surface area contributed by atoms with Crippen LogP contribution in [0.4, 0.5) is 0 Å². The SMILES string of the molecule is Cc1cc(C(=O)O)nc(Sc2ncn[nH]2)n1. The van der Waals surface area contributed by atoms with Crippen LogP contribution in [0.3, 0.4) is 0 Å². The molecule has 0 saturated heterocycles. The second kappa shape index (κ2) is 4.27. The van der Waals surface area contributed by atoms with Crippen molar-refractivity contribution in [3.63, 3.8) is 0 Å². The summed E-state index contributed by atoms with van der Waals surface area (Å²) in [5, 5.41) is 16.0. The maximum atomic E-state index is 10.8. The first-order valence-electron chi connectivity index (χ1n) is 4.27. The maximum absolute atomic E-state index is 10.8. The molecule has 8 heteroatoms. The van der Waals surface area contributed by atoms with Crippen LogP contribution in [0.5, 0.6) is 0 Å². The summed E-state index contributed by atoms with van der Waals surface area (Å²) in [4.78, 5) is 22.6. The summed E-state index contributed by atoms with van der Waals surface area (Å²) in [7, 11) is 0.